The minimum absolute atomic E-state index is 0.126. The van der Waals surface area contributed by atoms with E-state index in [1.165, 1.54) is 12.1 Å². The number of nitriles is 1. The van der Waals surface area contributed by atoms with Crippen LogP contribution in [0.5, 0.6) is 0 Å². The van der Waals surface area contributed by atoms with Crippen LogP contribution < -0.4 is 0 Å². The standard InChI is InChI=1S/C12H13NO4/c1-2-17-12(16)11(15)10(14)9-5-3-4-8(6-9)7-13/h3-6,10-11,14-15H,2H2,1H3. The zero-order valence-electron chi connectivity index (χ0n) is 9.33. The van der Waals surface area contributed by atoms with Crippen LogP contribution in [0.4, 0.5) is 0 Å². The average Bonchev–Trinajstić information content (AvgIpc) is 2.37. The molecule has 1 aromatic rings. The molecule has 0 fully saturated rings. The first kappa shape index (κ1) is 13.2. The van der Waals surface area contributed by atoms with Crippen LogP contribution in [0.25, 0.3) is 0 Å². The summed E-state index contributed by atoms with van der Waals surface area (Å²) in [5.41, 5.74) is 0.641. The molecule has 0 aromatic heterocycles. The Balaban J connectivity index is 2.85. The zero-order valence-corrected chi connectivity index (χ0v) is 9.33. The molecule has 0 aliphatic heterocycles. The van der Waals surface area contributed by atoms with Gasteiger partial charge in [-0.15, -0.1) is 0 Å². The molecular weight excluding hydrogens is 222 g/mol. The third-order valence-corrected chi connectivity index (χ3v) is 2.18. The molecule has 0 aliphatic rings. The highest BCUT2D eigenvalue weighted by molar-refractivity contribution is 5.75. The number of nitrogens with zero attached hydrogens (tertiary/aromatic N) is 1. The summed E-state index contributed by atoms with van der Waals surface area (Å²) in [5, 5.41) is 28.0. The highest BCUT2D eigenvalue weighted by atomic mass is 16.5. The Bertz CT molecular complexity index is 438. The van der Waals surface area contributed by atoms with Crippen LogP contribution in [-0.2, 0) is 9.53 Å². The third-order valence-electron chi connectivity index (χ3n) is 2.18. The van der Waals surface area contributed by atoms with Gasteiger partial charge in [-0.3, -0.25) is 0 Å². The van der Waals surface area contributed by atoms with Gasteiger partial charge in [0.05, 0.1) is 18.2 Å². The van der Waals surface area contributed by atoms with Crippen molar-refractivity contribution in [3.8, 4) is 6.07 Å². The number of hydrogen-bond acceptors (Lipinski definition) is 5. The lowest BCUT2D eigenvalue weighted by atomic mass is 10.0. The van der Waals surface area contributed by atoms with Gasteiger partial charge >= 0.3 is 5.97 Å². The molecule has 0 saturated carbocycles. The summed E-state index contributed by atoms with van der Waals surface area (Å²) in [6.07, 6.45) is -3.05. The van der Waals surface area contributed by atoms with Crippen molar-refractivity contribution >= 4 is 5.97 Å². The first-order valence-corrected chi connectivity index (χ1v) is 5.13. The van der Waals surface area contributed by atoms with Crippen molar-refractivity contribution in [3.05, 3.63) is 35.4 Å². The Morgan fingerprint density at radius 3 is 2.82 bits per heavy atom. The summed E-state index contributed by atoms with van der Waals surface area (Å²) in [5.74, 6) is -0.887. The second kappa shape index (κ2) is 5.99. The van der Waals surface area contributed by atoms with E-state index in [4.69, 9.17) is 5.26 Å². The van der Waals surface area contributed by atoms with Gasteiger partial charge < -0.3 is 14.9 Å². The van der Waals surface area contributed by atoms with Gasteiger partial charge in [0.2, 0.25) is 0 Å². The molecule has 0 bridgehead atoms. The minimum Gasteiger partial charge on any atom is -0.464 e. The summed E-state index contributed by atoms with van der Waals surface area (Å²) in [4.78, 5) is 11.2. The molecule has 2 atom stereocenters. The predicted molar refractivity (Wildman–Crippen MR) is 58.8 cm³/mol. The van der Waals surface area contributed by atoms with E-state index in [-0.39, 0.29) is 6.61 Å². The summed E-state index contributed by atoms with van der Waals surface area (Å²) < 4.78 is 4.59. The summed E-state index contributed by atoms with van der Waals surface area (Å²) in [6, 6.07) is 7.97. The van der Waals surface area contributed by atoms with Gasteiger partial charge in [0, 0.05) is 0 Å². The number of esters is 1. The van der Waals surface area contributed by atoms with Gasteiger partial charge in [-0.25, -0.2) is 4.79 Å². The number of carbonyl (C=O) groups is 1. The molecule has 0 aliphatic carbocycles. The smallest absolute Gasteiger partial charge is 0.338 e. The van der Waals surface area contributed by atoms with Crippen LogP contribution in [0.15, 0.2) is 24.3 Å². The van der Waals surface area contributed by atoms with Gasteiger partial charge in [-0.1, -0.05) is 12.1 Å². The summed E-state index contributed by atoms with van der Waals surface area (Å²) in [6.45, 7) is 1.73. The zero-order chi connectivity index (χ0) is 12.8. The van der Waals surface area contributed by atoms with E-state index in [0.717, 1.165) is 0 Å². The van der Waals surface area contributed by atoms with E-state index in [1.54, 1.807) is 19.1 Å². The number of ether oxygens (including phenoxy) is 1. The molecule has 5 nitrogen and oxygen atoms in total. The quantitative estimate of drug-likeness (QED) is 0.742. The minimum atomic E-state index is -1.65. The van der Waals surface area contributed by atoms with Gasteiger partial charge in [0.1, 0.15) is 6.10 Å². The molecule has 1 rings (SSSR count). The maximum atomic E-state index is 11.2. The highest BCUT2D eigenvalue weighted by Gasteiger charge is 2.26. The fourth-order valence-corrected chi connectivity index (χ4v) is 1.33. The second-order valence-corrected chi connectivity index (χ2v) is 3.38. The Kier molecular flexibility index (Phi) is 4.64. The fraction of sp³-hybridized carbons (Fsp3) is 0.333. The molecule has 5 heteroatoms. The molecule has 2 unspecified atom stereocenters. The van der Waals surface area contributed by atoms with E-state index in [2.05, 4.69) is 4.74 Å². The third kappa shape index (κ3) is 3.28. The van der Waals surface area contributed by atoms with Crippen molar-refractivity contribution < 1.29 is 19.7 Å². The maximum absolute atomic E-state index is 11.2. The molecule has 0 spiro atoms. The molecule has 90 valence electrons. The van der Waals surface area contributed by atoms with Gasteiger partial charge in [0.25, 0.3) is 0 Å². The Hall–Kier alpha value is -1.90. The lowest BCUT2D eigenvalue weighted by Crippen LogP contribution is -2.29. The van der Waals surface area contributed by atoms with Crippen molar-refractivity contribution in [2.24, 2.45) is 0 Å². The van der Waals surface area contributed by atoms with Crippen LogP contribution in [0.3, 0.4) is 0 Å². The van der Waals surface area contributed by atoms with Crippen molar-refractivity contribution in [2.75, 3.05) is 6.61 Å². The van der Waals surface area contributed by atoms with Crippen molar-refractivity contribution in [2.45, 2.75) is 19.1 Å². The normalized spacial score (nSPS) is 13.5. The monoisotopic (exact) mass is 235 g/mol. The van der Waals surface area contributed by atoms with Gasteiger partial charge in [0.15, 0.2) is 6.10 Å². The van der Waals surface area contributed by atoms with Crippen LogP contribution in [-0.4, -0.2) is 28.9 Å². The average molecular weight is 235 g/mol. The number of rotatable bonds is 4. The van der Waals surface area contributed by atoms with Crippen LogP contribution in [0.1, 0.15) is 24.2 Å². The van der Waals surface area contributed by atoms with Gasteiger partial charge in [-0.2, -0.15) is 5.26 Å². The first-order chi connectivity index (χ1) is 8.10. The molecule has 0 heterocycles. The Morgan fingerprint density at radius 2 is 2.24 bits per heavy atom. The molecule has 0 amide bonds. The molecule has 2 N–H and O–H groups in total. The highest BCUT2D eigenvalue weighted by Crippen LogP contribution is 2.18. The second-order valence-electron chi connectivity index (χ2n) is 3.38. The summed E-state index contributed by atoms with van der Waals surface area (Å²) in [7, 11) is 0. The van der Waals surface area contributed by atoms with E-state index in [9.17, 15) is 15.0 Å². The van der Waals surface area contributed by atoms with Gasteiger partial charge in [-0.05, 0) is 24.6 Å². The van der Waals surface area contributed by atoms with Crippen LogP contribution in [0, 0.1) is 11.3 Å². The van der Waals surface area contributed by atoms with E-state index < -0.39 is 18.2 Å². The lowest BCUT2D eigenvalue weighted by Gasteiger charge is -2.16. The molecule has 17 heavy (non-hydrogen) atoms. The van der Waals surface area contributed by atoms with Crippen molar-refractivity contribution in [3.63, 3.8) is 0 Å². The van der Waals surface area contributed by atoms with E-state index in [1.807, 2.05) is 6.07 Å². The van der Waals surface area contributed by atoms with E-state index >= 15 is 0 Å². The number of aliphatic hydroxyl groups excluding tert-OH is 2. The topological polar surface area (TPSA) is 90.6 Å². The largest absolute Gasteiger partial charge is 0.464 e. The van der Waals surface area contributed by atoms with Crippen LogP contribution in [0.2, 0.25) is 0 Å². The Labute approximate surface area is 98.9 Å². The first-order valence-electron chi connectivity index (χ1n) is 5.13. The van der Waals surface area contributed by atoms with Crippen molar-refractivity contribution in [1.82, 2.24) is 0 Å². The lowest BCUT2D eigenvalue weighted by molar-refractivity contribution is -0.159. The Morgan fingerprint density at radius 1 is 1.53 bits per heavy atom. The number of hydrogen-bond donors (Lipinski definition) is 2. The number of carbonyl (C=O) groups excluding carboxylic acids is 1. The molecule has 0 saturated heterocycles. The number of benzene rings is 1. The summed E-state index contributed by atoms with van der Waals surface area (Å²) >= 11 is 0. The molecule has 0 radical (unpaired) electrons. The van der Waals surface area contributed by atoms with E-state index in [0.29, 0.717) is 11.1 Å². The van der Waals surface area contributed by atoms with Crippen molar-refractivity contribution in [1.29, 1.82) is 5.26 Å². The SMILES string of the molecule is CCOC(=O)C(O)C(O)c1cccc(C#N)c1. The van der Waals surface area contributed by atoms with Crippen LogP contribution >= 0.6 is 0 Å². The molecular formula is C12H13NO4. The predicted octanol–water partition coefficient (Wildman–Crippen LogP) is 0.516. The molecule has 1 aromatic carbocycles. The fourth-order valence-electron chi connectivity index (χ4n) is 1.33. The number of aliphatic hydroxyl groups is 2. The maximum Gasteiger partial charge on any atom is 0.338 e.